The summed E-state index contributed by atoms with van der Waals surface area (Å²) in [5.41, 5.74) is 0.476. The molecule has 4 rings (SSSR count). The van der Waals surface area contributed by atoms with Gasteiger partial charge in [0.05, 0.1) is 20.6 Å². The van der Waals surface area contributed by atoms with Crippen molar-refractivity contribution in [2.75, 3.05) is 13.1 Å². The van der Waals surface area contributed by atoms with Crippen molar-refractivity contribution in [3.8, 4) is 0 Å². The van der Waals surface area contributed by atoms with Gasteiger partial charge in [-0.25, -0.2) is 4.98 Å². The number of carbonyl (C=O) groups is 1. The van der Waals surface area contributed by atoms with E-state index >= 15 is 0 Å². The minimum absolute atomic E-state index is 0.102. The maximum Gasteiger partial charge on any atom is 0.231 e. The Labute approximate surface area is 149 Å². The first kappa shape index (κ1) is 15.7. The molecule has 0 N–H and O–H groups in total. The van der Waals surface area contributed by atoms with E-state index in [4.69, 9.17) is 28.2 Å². The first-order valence-electron chi connectivity index (χ1n) is 7.93. The Bertz CT molecular complexity index is 734. The van der Waals surface area contributed by atoms with Gasteiger partial charge in [-0.2, -0.15) is 0 Å². The number of alkyl halides is 2. The number of amides is 1. The third-order valence-corrected chi connectivity index (χ3v) is 7.47. The highest BCUT2D eigenvalue weighted by Gasteiger charge is 2.68. The van der Waals surface area contributed by atoms with E-state index in [1.54, 1.807) is 11.3 Å². The topological polar surface area (TPSA) is 33.2 Å². The molecule has 1 saturated heterocycles. The molecule has 3 nitrogen and oxygen atoms in total. The Hall–Kier alpha value is -0.840. The summed E-state index contributed by atoms with van der Waals surface area (Å²) in [7, 11) is 0. The highest BCUT2D eigenvalue weighted by atomic mass is 35.5. The van der Waals surface area contributed by atoms with Crippen LogP contribution in [-0.2, 0) is 4.79 Å². The molecule has 122 valence electrons. The van der Waals surface area contributed by atoms with Crippen LogP contribution in [0.1, 0.15) is 37.1 Å². The molecule has 1 aromatic heterocycles. The van der Waals surface area contributed by atoms with E-state index in [2.05, 4.69) is 12.1 Å². The van der Waals surface area contributed by atoms with Crippen molar-refractivity contribution in [2.45, 2.75) is 36.4 Å². The van der Waals surface area contributed by atoms with Crippen LogP contribution in [0.3, 0.4) is 0 Å². The first-order valence-corrected chi connectivity index (χ1v) is 9.51. The van der Waals surface area contributed by atoms with Crippen LogP contribution in [0.15, 0.2) is 24.3 Å². The predicted molar refractivity (Wildman–Crippen MR) is 95.3 cm³/mol. The number of nitrogens with zero attached hydrogens (tertiary/aromatic N) is 2. The van der Waals surface area contributed by atoms with Gasteiger partial charge in [0.15, 0.2) is 0 Å². The van der Waals surface area contributed by atoms with E-state index < -0.39 is 9.75 Å². The number of likely N-dealkylation sites (tertiary alicyclic amines) is 1. The maximum absolute atomic E-state index is 12.6. The number of benzene rings is 1. The molecule has 0 bridgehead atoms. The standard InChI is InChI=1S/C17H18Cl2N2OS/c1-16(10-17(16,18)19)15(22)21-8-6-11(7-9-21)14-20-12-4-2-3-5-13(12)23-14/h2-5,11H,6-10H2,1H3. The van der Waals surface area contributed by atoms with E-state index in [0.717, 1.165) is 31.4 Å². The molecule has 2 heterocycles. The van der Waals surface area contributed by atoms with Crippen LogP contribution in [0.25, 0.3) is 10.2 Å². The Balaban J connectivity index is 1.44. The second-order valence-corrected chi connectivity index (χ2v) is 9.35. The molecule has 23 heavy (non-hydrogen) atoms. The van der Waals surface area contributed by atoms with Crippen LogP contribution in [0.4, 0.5) is 0 Å². The number of carbonyl (C=O) groups excluding carboxylic acids is 1. The molecular formula is C17H18Cl2N2OS. The quantitative estimate of drug-likeness (QED) is 0.726. The normalized spacial score (nSPS) is 27.3. The Morgan fingerprint density at radius 2 is 1.96 bits per heavy atom. The fourth-order valence-corrected chi connectivity index (χ4v) is 5.21. The summed E-state index contributed by atoms with van der Waals surface area (Å²) in [5.74, 6) is 0.547. The molecule has 1 amide bonds. The van der Waals surface area contributed by atoms with Gasteiger partial charge in [0, 0.05) is 19.0 Å². The van der Waals surface area contributed by atoms with Gasteiger partial charge in [-0.3, -0.25) is 4.79 Å². The fraction of sp³-hybridized carbons (Fsp3) is 0.529. The number of hydrogen-bond donors (Lipinski definition) is 0. The molecule has 0 spiro atoms. The van der Waals surface area contributed by atoms with Gasteiger partial charge in [0.25, 0.3) is 0 Å². The molecule has 6 heteroatoms. The van der Waals surface area contributed by atoms with E-state index in [1.807, 2.05) is 24.0 Å². The number of fused-ring (bicyclic) bond motifs is 1. The van der Waals surface area contributed by atoms with Gasteiger partial charge in [-0.05, 0) is 38.3 Å². The van der Waals surface area contributed by atoms with Crippen molar-refractivity contribution < 1.29 is 4.79 Å². The van der Waals surface area contributed by atoms with Crippen molar-refractivity contribution in [3.05, 3.63) is 29.3 Å². The molecule has 2 aromatic rings. The number of hydrogen-bond acceptors (Lipinski definition) is 3. The molecule has 1 aliphatic carbocycles. The summed E-state index contributed by atoms with van der Waals surface area (Å²) in [6.07, 6.45) is 2.47. The van der Waals surface area contributed by atoms with Crippen LogP contribution >= 0.6 is 34.5 Å². The molecule has 1 atom stereocenters. The SMILES string of the molecule is CC1(C(=O)N2CCC(c3nc4ccccc4s3)CC2)CC1(Cl)Cl. The van der Waals surface area contributed by atoms with Crippen LogP contribution in [0.5, 0.6) is 0 Å². The molecule has 2 aliphatic rings. The Morgan fingerprint density at radius 3 is 2.57 bits per heavy atom. The number of thiazole rings is 1. The third-order valence-electron chi connectivity index (χ3n) is 5.17. The number of aromatic nitrogens is 1. The zero-order valence-electron chi connectivity index (χ0n) is 12.9. The highest BCUT2D eigenvalue weighted by molar-refractivity contribution is 7.18. The summed E-state index contributed by atoms with van der Waals surface area (Å²) < 4.78 is 0.356. The van der Waals surface area contributed by atoms with Crippen molar-refractivity contribution in [1.82, 2.24) is 9.88 Å². The second-order valence-electron chi connectivity index (χ2n) is 6.80. The van der Waals surface area contributed by atoms with E-state index in [-0.39, 0.29) is 5.91 Å². The molecular weight excluding hydrogens is 351 g/mol. The number of halogens is 2. The second kappa shape index (κ2) is 5.33. The number of piperidine rings is 1. The van der Waals surface area contributed by atoms with E-state index in [9.17, 15) is 4.79 Å². The average molecular weight is 369 g/mol. The van der Waals surface area contributed by atoms with Gasteiger partial charge >= 0.3 is 0 Å². The molecule has 2 fully saturated rings. The molecule has 1 unspecified atom stereocenters. The highest BCUT2D eigenvalue weighted by Crippen LogP contribution is 2.64. The monoisotopic (exact) mass is 368 g/mol. The van der Waals surface area contributed by atoms with Crippen molar-refractivity contribution in [1.29, 1.82) is 0 Å². The lowest BCUT2D eigenvalue weighted by molar-refractivity contribution is -0.137. The first-order chi connectivity index (χ1) is 10.9. The smallest absolute Gasteiger partial charge is 0.231 e. The van der Waals surface area contributed by atoms with Crippen molar-refractivity contribution >= 4 is 50.7 Å². The van der Waals surface area contributed by atoms with Gasteiger partial charge in [0.1, 0.15) is 4.33 Å². The zero-order valence-corrected chi connectivity index (χ0v) is 15.2. The van der Waals surface area contributed by atoms with E-state index in [0.29, 0.717) is 12.3 Å². The molecule has 1 saturated carbocycles. The third kappa shape index (κ3) is 2.55. The Kier molecular flexibility index (Phi) is 3.63. The van der Waals surface area contributed by atoms with Gasteiger partial charge in [-0.1, -0.05) is 12.1 Å². The predicted octanol–water partition coefficient (Wildman–Crippen LogP) is 4.59. The maximum atomic E-state index is 12.6. The minimum Gasteiger partial charge on any atom is -0.342 e. The minimum atomic E-state index is -0.881. The van der Waals surface area contributed by atoms with Gasteiger partial charge in [-0.15, -0.1) is 34.5 Å². The average Bonchev–Trinajstić information content (AvgIpc) is 2.89. The summed E-state index contributed by atoms with van der Waals surface area (Å²) in [6.45, 7) is 3.40. The largest absolute Gasteiger partial charge is 0.342 e. The fourth-order valence-electron chi connectivity index (χ4n) is 3.38. The molecule has 1 aliphatic heterocycles. The van der Waals surface area contributed by atoms with Crippen LogP contribution < -0.4 is 0 Å². The van der Waals surface area contributed by atoms with Crippen LogP contribution in [0.2, 0.25) is 0 Å². The Morgan fingerprint density at radius 1 is 1.30 bits per heavy atom. The number of rotatable bonds is 2. The van der Waals surface area contributed by atoms with Crippen molar-refractivity contribution in [3.63, 3.8) is 0 Å². The number of para-hydroxylation sites is 1. The lowest BCUT2D eigenvalue weighted by Gasteiger charge is -2.33. The van der Waals surface area contributed by atoms with Crippen LogP contribution in [0, 0.1) is 5.41 Å². The summed E-state index contributed by atoms with van der Waals surface area (Å²) in [5, 5.41) is 1.19. The lowest BCUT2D eigenvalue weighted by atomic mass is 9.96. The van der Waals surface area contributed by atoms with Gasteiger partial charge < -0.3 is 4.90 Å². The lowest BCUT2D eigenvalue weighted by Crippen LogP contribution is -2.42. The van der Waals surface area contributed by atoms with E-state index in [1.165, 1.54) is 9.71 Å². The summed E-state index contributed by atoms with van der Waals surface area (Å²) in [6, 6.07) is 8.24. The molecule has 1 aromatic carbocycles. The van der Waals surface area contributed by atoms with Gasteiger partial charge in [0.2, 0.25) is 5.91 Å². The summed E-state index contributed by atoms with van der Waals surface area (Å²) >= 11 is 14.1. The van der Waals surface area contributed by atoms with Crippen molar-refractivity contribution in [2.24, 2.45) is 5.41 Å². The molecule has 0 radical (unpaired) electrons. The van der Waals surface area contributed by atoms with Crippen LogP contribution in [-0.4, -0.2) is 33.2 Å². The summed E-state index contributed by atoms with van der Waals surface area (Å²) in [4.78, 5) is 19.3. The zero-order chi connectivity index (χ0) is 16.2.